The maximum absolute atomic E-state index is 9.84. The molecule has 2 rings (SSSR count). The Hall–Kier alpha value is -0.510. The van der Waals surface area contributed by atoms with Crippen LogP contribution < -0.4 is 0 Å². The lowest BCUT2D eigenvalue weighted by molar-refractivity contribution is 0.114. The van der Waals surface area contributed by atoms with Gasteiger partial charge in [-0.25, -0.2) is 0 Å². The number of nitriles is 1. The summed E-state index contributed by atoms with van der Waals surface area (Å²) in [6, 6.07) is 2.77. The van der Waals surface area contributed by atoms with E-state index in [1.165, 1.54) is 135 Å². The molecule has 2 fully saturated rings. The SMILES string of the molecule is CCCCCCCCCC1CCC([C@H]2CC[C@](C#N)(CCCCCC)CC2)CC1. The molecule has 0 heterocycles. The maximum atomic E-state index is 9.84. The van der Waals surface area contributed by atoms with Gasteiger partial charge in [-0.05, 0) is 62.7 Å². The number of rotatable bonds is 14. The molecular formula is C28H51N. The molecule has 0 amide bonds. The first kappa shape index (κ1) is 24.8. The van der Waals surface area contributed by atoms with Gasteiger partial charge in [-0.15, -0.1) is 0 Å². The number of hydrogen-bond acceptors (Lipinski definition) is 1. The molecule has 0 aromatic rings. The molecule has 2 aliphatic carbocycles. The van der Waals surface area contributed by atoms with E-state index in [1.54, 1.807) is 0 Å². The Morgan fingerprint density at radius 3 is 1.76 bits per heavy atom. The lowest BCUT2D eigenvalue weighted by atomic mass is 9.63. The van der Waals surface area contributed by atoms with Crippen molar-refractivity contribution in [3.8, 4) is 6.07 Å². The van der Waals surface area contributed by atoms with Crippen LogP contribution in [0.4, 0.5) is 0 Å². The van der Waals surface area contributed by atoms with Crippen molar-refractivity contribution < 1.29 is 0 Å². The number of hydrogen-bond donors (Lipinski definition) is 0. The predicted molar refractivity (Wildman–Crippen MR) is 127 cm³/mol. The van der Waals surface area contributed by atoms with Gasteiger partial charge in [-0.2, -0.15) is 5.26 Å². The highest BCUT2D eigenvalue weighted by molar-refractivity contribution is 5.02. The second kappa shape index (κ2) is 14.5. The molecule has 0 bridgehead atoms. The normalized spacial score (nSPS) is 30.2. The van der Waals surface area contributed by atoms with E-state index in [2.05, 4.69) is 19.9 Å². The van der Waals surface area contributed by atoms with Gasteiger partial charge in [0.15, 0.2) is 0 Å². The molecule has 1 heteroatoms. The van der Waals surface area contributed by atoms with Crippen LogP contribution in [-0.4, -0.2) is 0 Å². The first-order valence-corrected chi connectivity index (χ1v) is 13.6. The average Bonchev–Trinajstić information content (AvgIpc) is 2.77. The van der Waals surface area contributed by atoms with Crippen molar-refractivity contribution in [3.63, 3.8) is 0 Å². The molecule has 0 aromatic heterocycles. The van der Waals surface area contributed by atoms with Gasteiger partial charge in [0.2, 0.25) is 0 Å². The zero-order valence-electron chi connectivity index (χ0n) is 20.0. The van der Waals surface area contributed by atoms with Crippen LogP contribution in [-0.2, 0) is 0 Å². The van der Waals surface area contributed by atoms with Crippen LogP contribution in [0, 0.1) is 34.5 Å². The highest BCUT2D eigenvalue weighted by Gasteiger charge is 2.38. The van der Waals surface area contributed by atoms with Crippen LogP contribution in [0.15, 0.2) is 0 Å². The van der Waals surface area contributed by atoms with Crippen LogP contribution in [0.2, 0.25) is 0 Å². The maximum Gasteiger partial charge on any atom is 0.0689 e. The highest BCUT2D eigenvalue weighted by atomic mass is 14.4. The second-order valence-electron chi connectivity index (χ2n) is 10.7. The Labute approximate surface area is 183 Å². The molecule has 2 aliphatic rings. The van der Waals surface area contributed by atoms with Crippen molar-refractivity contribution in [2.75, 3.05) is 0 Å². The van der Waals surface area contributed by atoms with Crippen molar-refractivity contribution in [3.05, 3.63) is 0 Å². The summed E-state index contributed by atoms with van der Waals surface area (Å²) >= 11 is 0. The van der Waals surface area contributed by atoms with Crippen LogP contribution in [0.25, 0.3) is 0 Å². The van der Waals surface area contributed by atoms with Gasteiger partial charge in [0.25, 0.3) is 0 Å². The first-order valence-electron chi connectivity index (χ1n) is 13.6. The zero-order chi connectivity index (χ0) is 20.8. The van der Waals surface area contributed by atoms with Gasteiger partial charge in [0, 0.05) is 0 Å². The van der Waals surface area contributed by atoms with Crippen molar-refractivity contribution >= 4 is 0 Å². The lowest BCUT2D eigenvalue weighted by Crippen LogP contribution is -2.31. The Morgan fingerprint density at radius 2 is 1.17 bits per heavy atom. The summed E-state index contributed by atoms with van der Waals surface area (Å²) < 4.78 is 0. The van der Waals surface area contributed by atoms with Gasteiger partial charge in [0.05, 0.1) is 11.5 Å². The Morgan fingerprint density at radius 1 is 0.655 bits per heavy atom. The minimum Gasteiger partial charge on any atom is -0.198 e. The van der Waals surface area contributed by atoms with Crippen molar-refractivity contribution in [1.82, 2.24) is 0 Å². The van der Waals surface area contributed by atoms with Crippen LogP contribution in [0.5, 0.6) is 0 Å². The quantitative estimate of drug-likeness (QED) is 0.266. The third kappa shape index (κ3) is 9.02. The summed E-state index contributed by atoms with van der Waals surface area (Å²) in [5, 5.41) is 9.84. The van der Waals surface area contributed by atoms with Crippen LogP contribution in [0.1, 0.15) is 149 Å². The molecule has 0 saturated heterocycles. The largest absolute Gasteiger partial charge is 0.198 e. The molecule has 0 radical (unpaired) electrons. The standard InChI is InChI=1S/C28H51N/c1-3-5-7-9-10-11-12-14-25-15-17-26(18-16-25)27-19-22-28(24-29,23-20-27)21-13-8-6-4-2/h25-27H,3-23H2,1-2H3/t25?,26?,27-,28+. The van der Waals surface area contributed by atoms with Crippen molar-refractivity contribution in [1.29, 1.82) is 5.26 Å². The smallest absolute Gasteiger partial charge is 0.0689 e. The van der Waals surface area contributed by atoms with E-state index in [-0.39, 0.29) is 5.41 Å². The third-order valence-electron chi connectivity index (χ3n) is 8.51. The monoisotopic (exact) mass is 401 g/mol. The molecule has 0 unspecified atom stereocenters. The first-order chi connectivity index (χ1) is 14.2. The fourth-order valence-electron chi connectivity index (χ4n) is 6.31. The third-order valence-corrected chi connectivity index (χ3v) is 8.51. The van der Waals surface area contributed by atoms with E-state index in [4.69, 9.17) is 0 Å². The zero-order valence-corrected chi connectivity index (χ0v) is 20.0. The van der Waals surface area contributed by atoms with Gasteiger partial charge < -0.3 is 0 Å². The summed E-state index contributed by atoms with van der Waals surface area (Å²) in [7, 11) is 0. The number of unbranched alkanes of at least 4 members (excludes halogenated alkanes) is 9. The van der Waals surface area contributed by atoms with E-state index in [0.29, 0.717) is 0 Å². The molecule has 29 heavy (non-hydrogen) atoms. The van der Waals surface area contributed by atoms with Gasteiger partial charge in [-0.1, -0.05) is 104 Å². The van der Waals surface area contributed by atoms with Crippen LogP contribution >= 0.6 is 0 Å². The predicted octanol–water partition coefficient (Wildman–Crippen LogP) is 9.60. The Kier molecular flexibility index (Phi) is 12.4. The molecule has 1 nitrogen and oxygen atoms in total. The van der Waals surface area contributed by atoms with E-state index in [1.807, 2.05) is 0 Å². The minimum atomic E-state index is 0.0403. The topological polar surface area (TPSA) is 23.8 Å². The van der Waals surface area contributed by atoms with Gasteiger partial charge in [-0.3, -0.25) is 0 Å². The molecular weight excluding hydrogens is 350 g/mol. The van der Waals surface area contributed by atoms with E-state index < -0.39 is 0 Å². The summed E-state index contributed by atoms with van der Waals surface area (Å²) in [6.45, 7) is 4.58. The molecule has 2 saturated carbocycles. The summed E-state index contributed by atoms with van der Waals surface area (Å²) in [4.78, 5) is 0. The highest BCUT2D eigenvalue weighted by Crippen LogP contribution is 2.47. The molecule has 168 valence electrons. The molecule has 0 spiro atoms. The van der Waals surface area contributed by atoms with E-state index in [0.717, 1.165) is 17.8 Å². The lowest BCUT2D eigenvalue weighted by Gasteiger charge is -2.41. The van der Waals surface area contributed by atoms with Crippen molar-refractivity contribution in [2.24, 2.45) is 23.2 Å². The van der Waals surface area contributed by atoms with Gasteiger partial charge in [0.1, 0.15) is 0 Å². The van der Waals surface area contributed by atoms with E-state index in [9.17, 15) is 5.26 Å². The second-order valence-corrected chi connectivity index (χ2v) is 10.7. The molecule has 0 aromatic carbocycles. The van der Waals surface area contributed by atoms with Crippen LogP contribution in [0.3, 0.4) is 0 Å². The Balaban J connectivity index is 1.57. The fraction of sp³-hybridized carbons (Fsp3) is 0.964. The Bertz CT molecular complexity index is 432. The van der Waals surface area contributed by atoms with Crippen molar-refractivity contribution in [2.45, 2.75) is 149 Å². The van der Waals surface area contributed by atoms with Gasteiger partial charge >= 0.3 is 0 Å². The molecule has 0 aliphatic heterocycles. The summed E-state index contributed by atoms with van der Waals surface area (Å²) in [5.74, 6) is 2.95. The number of nitrogens with zero attached hydrogens (tertiary/aromatic N) is 1. The minimum absolute atomic E-state index is 0.0403. The molecule has 0 atom stereocenters. The average molecular weight is 402 g/mol. The summed E-state index contributed by atoms with van der Waals surface area (Å²) in [6.07, 6.45) is 29.1. The fourth-order valence-corrected chi connectivity index (χ4v) is 6.31. The molecule has 0 N–H and O–H groups in total. The van der Waals surface area contributed by atoms with E-state index >= 15 is 0 Å². The summed E-state index contributed by atoms with van der Waals surface area (Å²) in [5.41, 5.74) is 0.0403.